The van der Waals surface area contributed by atoms with Crippen molar-refractivity contribution in [1.29, 1.82) is 0 Å². The lowest BCUT2D eigenvalue weighted by atomic mass is 10.0. The fourth-order valence-corrected chi connectivity index (χ4v) is 1.73. The van der Waals surface area contributed by atoms with Crippen molar-refractivity contribution in [2.75, 3.05) is 20.1 Å². The Kier molecular flexibility index (Phi) is 5.37. The number of likely N-dealkylation sites (N-methyl/N-ethyl adjacent to an activating group) is 2. The van der Waals surface area contributed by atoms with Crippen LogP contribution in [0.2, 0.25) is 0 Å². The largest absolute Gasteiger partial charge is 0.315 e. The summed E-state index contributed by atoms with van der Waals surface area (Å²) in [5.41, 5.74) is 1.37. The Morgan fingerprint density at radius 3 is 2.87 bits per heavy atom. The highest BCUT2D eigenvalue weighted by molar-refractivity contribution is 5.32. The molecule has 84 valence electrons. The molecule has 15 heavy (non-hydrogen) atoms. The molecule has 0 radical (unpaired) electrons. The first-order valence-corrected chi connectivity index (χ1v) is 5.72. The molecule has 2 N–H and O–H groups in total. The molecule has 1 aliphatic carbocycles. The van der Waals surface area contributed by atoms with Crippen LogP contribution in [0.1, 0.15) is 13.8 Å². The highest BCUT2D eigenvalue weighted by atomic mass is 15.0. The van der Waals surface area contributed by atoms with Crippen molar-refractivity contribution in [2.24, 2.45) is 5.92 Å². The van der Waals surface area contributed by atoms with E-state index in [4.69, 9.17) is 0 Å². The van der Waals surface area contributed by atoms with Crippen LogP contribution in [0.25, 0.3) is 0 Å². The molecule has 0 heterocycles. The summed E-state index contributed by atoms with van der Waals surface area (Å²) < 4.78 is 0. The molecule has 0 saturated carbocycles. The van der Waals surface area contributed by atoms with Crippen LogP contribution in [0, 0.1) is 5.92 Å². The summed E-state index contributed by atoms with van der Waals surface area (Å²) >= 11 is 0. The van der Waals surface area contributed by atoms with Crippen molar-refractivity contribution >= 4 is 0 Å². The predicted molar refractivity (Wildman–Crippen MR) is 66.9 cm³/mol. The van der Waals surface area contributed by atoms with Gasteiger partial charge in [-0.2, -0.15) is 0 Å². The predicted octanol–water partition coefficient (Wildman–Crippen LogP) is 1.87. The molecule has 1 aliphatic rings. The van der Waals surface area contributed by atoms with Crippen molar-refractivity contribution in [3.63, 3.8) is 0 Å². The maximum atomic E-state index is 3.37. The topological polar surface area (TPSA) is 24.1 Å². The van der Waals surface area contributed by atoms with Crippen molar-refractivity contribution < 1.29 is 0 Å². The first kappa shape index (κ1) is 12.2. The smallest absolute Gasteiger partial charge is 0.0441 e. The van der Waals surface area contributed by atoms with E-state index in [9.17, 15) is 0 Å². The Labute approximate surface area is 93.1 Å². The highest BCUT2D eigenvalue weighted by Crippen LogP contribution is 2.13. The van der Waals surface area contributed by atoms with Crippen LogP contribution >= 0.6 is 0 Å². The maximum Gasteiger partial charge on any atom is 0.0441 e. The molecule has 0 saturated heterocycles. The fourth-order valence-electron chi connectivity index (χ4n) is 1.73. The van der Waals surface area contributed by atoms with E-state index < -0.39 is 0 Å². The zero-order valence-corrected chi connectivity index (χ0v) is 9.96. The van der Waals surface area contributed by atoms with Gasteiger partial charge in [0.15, 0.2) is 0 Å². The first-order valence-electron chi connectivity index (χ1n) is 5.72. The number of allylic oxidation sites excluding steroid dienone is 4. The quantitative estimate of drug-likeness (QED) is 0.717. The summed E-state index contributed by atoms with van der Waals surface area (Å²) in [5.74, 6) is 0.521. The van der Waals surface area contributed by atoms with Crippen molar-refractivity contribution in [1.82, 2.24) is 10.6 Å². The molecule has 0 bridgehead atoms. The molecule has 1 rings (SSSR count). The molecule has 0 aromatic rings. The van der Waals surface area contributed by atoms with E-state index in [1.54, 1.807) is 0 Å². The standard InChI is InChI=1S/C13H22N2/c1-4-15-10-13(14-3)12-8-6-5-7-11(2)9-12/h5-9,11,13-15H,4,10H2,1-3H3/t11-,13?/m1/s1. The molecule has 2 heteroatoms. The molecule has 0 aliphatic heterocycles. The van der Waals surface area contributed by atoms with Crippen molar-refractivity contribution in [2.45, 2.75) is 19.9 Å². The van der Waals surface area contributed by atoms with Gasteiger partial charge in [0.1, 0.15) is 0 Å². The van der Waals surface area contributed by atoms with Crippen molar-refractivity contribution in [3.8, 4) is 0 Å². The summed E-state index contributed by atoms with van der Waals surface area (Å²) in [4.78, 5) is 0. The summed E-state index contributed by atoms with van der Waals surface area (Å²) in [6, 6.07) is 0.406. The minimum Gasteiger partial charge on any atom is -0.315 e. The third kappa shape index (κ3) is 4.02. The van der Waals surface area contributed by atoms with E-state index >= 15 is 0 Å². The first-order chi connectivity index (χ1) is 7.27. The molecular weight excluding hydrogens is 184 g/mol. The summed E-state index contributed by atoms with van der Waals surface area (Å²) in [7, 11) is 2.01. The van der Waals surface area contributed by atoms with Gasteiger partial charge >= 0.3 is 0 Å². The van der Waals surface area contributed by atoms with Crippen molar-refractivity contribution in [3.05, 3.63) is 36.0 Å². The zero-order valence-electron chi connectivity index (χ0n) is 9.96. The molecule has 0 fully saturated rings. The van der Waals surface area contributed by atoms with Crippen LogP contribution in [0.3, 0.4) is 0 Å². The second kappa shape index (κ2) is 6.59. The minimum absolute atomic E-state index is 0.406. The van der Waals surface area contributed by atoms with E-state index in [0.717, 1.165) is 13.1 Å². The second-order valence-electron chi connectivity index (χ2n) is 3.92. The fraction of sp³-hybridized carbons (Fsp3) is 0.538. The van der Waals surface area contributed by atoms with Crippen LogP contribution < -0.4 is 10.6 Å². The molecule has 2 atom stereocenters. The SMILES string of the molecule is CCNCC(NC)C1=C[C@H](C)C=CC=C1. The number of rotatable bonds is 5. The third-order valence-corrected chi connectivity index (χ3v) is 2.62. The van der Waals surface area contributed by atoms with E-state index in [0.29, 0.717) is 12.0 Å². The van der Waals surface area contributed by atoms with Crippen LogP contribution in [0.4, 0.5) is 0 Å². The number of nitrogens with one attached hydrogen (secondary N) is 2. The van der Waals surface area contributed by atoms with Crippen LogP contribution in [-0.2, 0) is 0 Å². The molecule has 2 nitrogen and oxygen atoms in total. The van der Waals surface area contributed by atoms with Gasteiger partial charge in [0.2, 0.25) is 0 Å². The molecule has 0 amide bonds. The van der Waals surface area contributed by atoms with Gasteiger partial charge in [0.25, 0.3) is 0 Å². The van der Waals surface area contributed by atoms with E-state index in [1.165, 1.54) is 5.57 Å². The highest BCUT2D eigenvalue weighted by Gasteiger charge is 2.10. The van der Waals surface area contributed by atoms with Crippen LogP contribution in [0.15, 0.2) is 36.0 Å². The molecule has 0 spiro atoms. The molecular formula is C13H22N2. The summed E-state index contributed by atoms with van der Waals surface area (Å²) in [6.45, 7) is 6.34. The maximum absolute atomic E-state index is 3.37. The van der Waals surface area contributed by atoms with Gasteiger partial charge in [0, 0.05) is 12.6 Å². The lowest BCUT2D eigenvalue weighted by molar-refractivity contribution is 0.575. The normalized spacial score (nSPS) is 22.3. The number of hydrogen-bond donors (Lipinski definition) is 2. The van der Waals surface area contributed by atoms with Gasteiger partial charge in [-0.3, -0.25) is 0 Å². The van der Waals surface area contributed by atoms with Gasteiger partial charge < -0.3 is 10.6 Å². The average molecular weight is 206 g/mol. The van der Waals surface area contributed by atoms with E-state index in [1.807, 2.05) is 7.05 Å². The van der Waals surface area contributed by atoms with E-state index in [2.05, 4.69) is 54.9 Å². The third-order valence-electron chi connectivity index (χ3n) is 2.62. The zero-order chi connectivity index (χ0) is 11.1. The number of hydrogen-bond acceptors (Lipinski definition) is 2. The Morgan fingerprint density at radius 2 is 2.20 bits per heavy atom. The van der Waals surface area contributed by atoms with Crippen LogP contribution in [0.5, 0.6) is 0 Å². The average Bonchev–Trinajstić information content (AvgIpc) is 2.44. The molecule has 0 aromatic carbocycles. The lowest BCUT2D eigenvalue weighted by Gasteiger charge is -2.18. The molecule has 0 aromatic heterocycles. The Morgan fingerprint density at radius 1 is 1.40 bits per heavy atom. The lowest BCUT2D eigenvalue weighted by Crippen LogP contribution is -2.37. The van der Waals surface area contributed by atoms with Gasteiger partial charge in [0.05, 0.1) is 0 Å². The van der Waals surface area contributed by atoms with Gasteiger partial charge in [-0.15, -0.1) is 0 Å². The monoisotopic (exact) mass is 206 g/mol. The van der Waals surface area contributed by atoms with Gasteiger partial charge in [-0.25, -0.2) is 0 Å². The Balaban J connectivity index is 2.66. The minimum atomic E-state index is 0.406. The molecule has 1 unspecified atom stereocenters. The van der Waals surface area contributed by atoms with Crippen LogP contribution in [-0.4, -0.2) is 26.2 Å². The van der Waals surface area contributed by atoms with Gasteiger partial charge in [-0.1, -0.05) is 44.2 Å². The van der Waals surface area contributed by atoms with Gasteiger partial charge in [-0.05, 0) is 25.1 Å². The Hall–Kier alpha value is -0.860. The second-order valence-corrected chi connectivity index (χ2v) is 3.92. The summed E-state index contributed by atoms with van der Waals surface area (Å²) in [6.07, 6.45) is 11.0. The van der Waals surface area contributed by atoms with E-state index in [-0.39, 0.29) is 0 Å². The summed E-state index contributed by atoms with van der Waals surface area (Å²) in [5, 5.41) is 6.72. The Bertz CT molecular complexity index is 264.